The zero-order valence-electron chi connectivity index (χ0n) is 16.5. The van der Waals surface area contributed by atoms with Gasteiger partial charge in [-0.2, -0.15) is 0 Å². The topological polar surface area (TPSA) is 87.7 Å². The van der Waals surface area contributed by atoms with E-state index in [4.69, 9.17) is 16.3 Å². The molecule has 2 fully saturated rings. The second kappa shape index (κ2) is 9.30. The number of aromatic nitrogens is 2. The third kappa shape index (κ3) is 4.99. The number of carbonyl (C=O) groups is 2. The molecule has 2 heterocycles. The Labute approximate surface area is 180 Å². The summed E-state index contributed by atoms with van der Waals surface area (Å²) < 4.78 is 5.84. The molecular formula is C21H24ClN5O3. The lowest BCUT2D eigenvalue weighted by Gasteiger charge is -2.29. The third-order valence-corrected chi connectivity index (χ3v) is 5.65. The molecule has 2 aliphatic rings. The molecule has 30 heavy (non-hydrogen) atoms. The highest BCUT2D eigenvalue weighted by molar-refractivity contribution is 6.30. The Kier molecular flexibility index (Phi) is 6.32. The molecule has 1 aliphatic heterocycles. The molecule has 0 bridgehead atoms. The molecule has 8 nitrogen and oxygen atoms in total. The number of anilines is 1. The van der Waals surface area contributed by atoms with Crippen LogP contribution < -0.4 is 15.0 Å². The van der Waals surface area contributed by atoms with Crippen LogP contribution in [0, 0.1) is 0 Å². The van der Waals surface area contributed by atoms with E-state index in [-0.39, 0.29) is 30.6 Å². The molecule has 1 saturated heterocycles. The molecule has 1 aromatic carbocycles. The second-order valence-corrected chi connectivity index (χ2v) is 7.97. The fourth-order valence-electron chi connectivity index (χ4n) is 3.90. The van der Waals surface area contributed by atoms with Crippen LogP contribution in [0.15, 0.2) is 42.9 Å². The number of carbonyl (C=O) groups excluding carboxylic acids is 2. The summed E-state index contributed by atoms with van der Waals surface area (Å²) in [4.78, 5) is 36.5. The van der Waals surface area contributed by atoms with E-state index in [0.717, 1.165) is 31.4 Å². The first-order valence-electron chi connectivity index (χ1n) is 10.1. The first-order valence-corrected chi connectivity index (χ1v) is 10.5. The molecule has 0 radical (unpaired) electrons. The average Bonchev–Trinajstić information content (AvgIpc) is 3.10. The zero-order valence-corrected chi connectivity index (χ0v) is 17.3. The minimum Gasteiger partial charge on any atom is -0.473 e. The van der Waals surface area contributed by atoms with Crippen molar-refractivity contribution >= 4 is 29.2 Å². The van der Waals surface area contributed by atoms with Gasteiger partial charge in [0.1, 0.15) is 12.6 Å². The molecule has 1 saturated carbocycles. The van der Waals surface area contributed by atoms with Gasteiger partial charge < -0.3 is 15.0 Å². The maximum atomic E-state index is 12.7. The molecule has 0 spiro atoms. The molecule has 0 unspecified atom stereocenters. The Morgan fingerprint density at radius 2 is 2.03 bits per heavy atom. The molecule has 3 amide bonds. The summed E-state index contributed by atoms with van der Waals surface area (Å²) >= 11 is 6.02. The number of nitrogens with zero attached hydrogens (tertiary/aromatic N) is 4. The summed E-state index contributed by atoms with van der Waals surface area (Å²) in [5.41, 5.74) is 0.747. The minimum absolute atomic E-state index is 0.0614. The van der Waals surface area contributed by atoms with Gasteiger partial charge in [-0.3, -0.25) is 14.7 Å². The van der Waals surface area contributed by atoms with Gasteiger partial charge in [-0.05, 0) is 43.9 Å². The number of amides is 3. The van der Waals surface area contributed by atoms with Crippen LogP contribution in [0.5, 0.6) is 5.88 Å². The number of hydrogen-bond donors (Lipinski definition) is 1. The lowest BCUT2D eigenvalue weighted by atomic mass is 9.93. The van der Waals surface area contributed by atoms with Crippen LogP contribution in [0.3, 0.4) is 0 Å². The van der Waals surface area contributed by atoms with Gasteiger partial charge in [0.15, 0.2) is 0 Å². The molecule has 1 aromatic heterocycles. The van der Waals surface area contributed by atoms with Gasteiger partial charge >= 0.3 is 6.03 Å². The number of rotatable bonds is 6. The molecule has 1 N–H and O–H groups in total. The molecule has 1 aliphatic carbocycles. The summed E-state index contributed by atoms with van der Waals surface area (Å²) in [6, 6.07) is 7.10. The van der Waals surface area contributed by atoms with Gasteiger partial charge in [-0.15, -0.1) is 0 Å². The van der Waals surface area contributed by atoms with Crippen molar-refractivity contribution in [2.24, 2.45) is 0 Å². The largest absolute Gasteiger partial charge is 0.473 e. The number of urea groups is 1. The Morgan fingerprint density at radius 3 is 2.77 bits per heavy atom. The fraction of sp³-hybridized carbons (Fsp3) is 0.429. The van der Waals surface area contributed by atoms with Gasteiger partial charge in [-0.25, -0.2) is 9.78 Å². The van der Waals surface area contributed by atoms with Gasteiger partial charge in [0.05, 0.1) is 6.20 Å². The summed E-state index contributed by atoms with van der Waals surface area (Å²) in [6.07, 6.45) is 8.25. The van der Waals surface area contributed by atoms with E-state index in [9.17, 15) is 9.59 Å². The third-order valence-electron chi connectivity index (χ3n) is 5.42. The van der Waals surface area contributed by atoms with Crippen molar-refractivity contribution in [1.29, 1.82) is 0 Å². The number of ether oxygens (including phenoxy) is 1. The van der Waals surface area contributed by atoms with Crippen molar-refractivity contribution in [3.63, 3.8) is 0 Å². The van der Waals surface area contributed by atoms with Gasteiger partial charge in [-0.1, -0.05) is 17.7 Å². The van der Waals surface area contributed by atoms with Crippen molar-refractivity contribution < 1.29 is 14.3 Å². The highest BCUT2D eigenvalue weighted by Gasteiger charge is 2.32. The lowest BCUT2D eigenvalue weighted by Crippen LogP contribution is -2.45. The standard InChI is InChI=1S/C21H24ClN5O3/c22-15-2-1-3-17(12-15)27-11-10-26(21(27)29)14-19(28)25-16-4-6-18(7-5-16)30-20-13-23-8-9-24-20/h1-3,8-9,12-13,16,18H,4-7,10-11,14H2,(H,25,28). The number of benzene rings is 1. The van der Waals surface area contributed by atoms with Crippen LogP contribution in [0.4, 0.5) is 10.5 Å². The second-order valence-electron chi connectivity index (χ2n) is 7.54. The maximum Gasteiger partial charge on any atom is 0.325 e. The number of halogens is 1. The van der Waals surface area contributed by atoms with Crippen LogP contribution in [0.25, 0.3) is 0 Å². The van der Waals surface area contributed by atoms with Crippen LogP contribution in [0.2, 0.25) is 5.02 Å². The number of hydrogen-bond acceptors (Lipinski definition) is 5. The predicted molar refractivity (Wildman–Crippen MR) is 113 cm³/mol. The lowest BCUT2D eigenvalue weighted by molar-refractivity contribution is -0.122. The van der Waals surface area contributed by atoms with E-state index < -0.39 is 0 Å². The SMILES string of the molecule is O=C(CN1CCN(c2cccc(Cl)c2)C1=O)NC1CCC(Oc2cnccn2)CC1. The molecule has 4 rings (SSSR count). The Morgan fingerprint density at radius 1 is 1.20 bits per heavy atom. The highest BCUT2D eigenvalue weighted by Crippen LogP contribution is 2.24. The van der Waals surface area contributed by atoms with Crippen LogP contribution in [-0.2, 0) is 4.79 Å². The Hall–Kier alpha value is -2.87. The van der Waals surface area contributed by atoms with Crippen molar-refractivity contribution in [2.75, 3.05) is 24.5 Å². The van der Waals surface area contributed by atoms with E-state index >= 15 is 0 Å². The predicted octanol–water partition coefficient (Wildman–Crippen LogP) is 2.88. The van der Waals surface area contributed by atoms with E-state index in [1.54, 1.807) is 40.5 Å². The first kappa shape index (κ1) is 20.4. The van der Waals surface area contributed by atoms with Crippen molar-refractivity contribution in [2.45, 2.75) is 37.8 Å². The van der Waals surface area contributed by atoms with Crippen molar-refractivity contribution in [3.05, 3.63) is 47.9 Å². The smallest absolute Gasteiger partial charge is 0.325 e. The van der Waals surface area contributed by atoms with Crippen LogP contribution in [-0.4, -0.2) is 58.6 Å². The maximum absolute atomic E-state index is 12.7. The van der Waals surface area contributed by atoms with Crippen LogP contribution >= 0.6 is 11.6 Å². The Balaban J connectivity index is 1.22. The molecule has 0 atom stereocenters. The monoisotopic (exact) mass is 429 g/mol. The van der Waals surface area contributed by atoms with Gasteiger partial charge in [0.25, 0.3) is 0 Å². The van der Waals surface area contributed by atoms with Crippen molar-refractivity contribution in [3.8, 4) is 5.88 Å². The normalized spacial score (nSPS) is 21.6. The summed E-state index contributed by atoms with van der Waals surface area (Å²) in [7, 11) is 0. The summed E-state index contributed by atoms with van der Waals surface area (Å²) in [5.74, 6) is 0.399. The number of nitrogens with one attached hydrogen (secondary N) is 1. The Bertz CT molecular complexity index is 889. The quantitative estimate of drug-likeness (QED) is 0.762. The van der Waals surface area contributed by atoms with E-state index in [1.807, 2.05) is 12.1 Å². The van der Waals surface area contributed by atoms with Gasteiger partial charge in [0, 0.05) is 42.2 Å². The average molecular weight is 430 g/mol. The molecule has 9 heteroatoms. The summed E-state index contributed by atoms with van der Waals surface area (Å²) in [6.45, 7) is 1.11. The summed E-state index contributed by atoms with van der Waals surface area (Å²) in [5, 5.41) is 3.64. The molecular weight excluding hydrogens is 406 g/mol. The first-order chi connectivity index (χ1) is 14.6. The van der Waals surface area contributed by atoms with E-state index in [2.05, 4.69) is 15.3 Å². The minimum atomic E-state index is -0.173. The van der Waals surface area contributed by atoms with Crippen LogP contribution in [0.1, 0.15) is 25.7 Å². The van der Waals surface area contributed by atoms with E-state index in [0.29, 0.717) is 24.0 Å². The van der Waals surface area contributed by atoms with Gasteiger partial charge in [0.2, 0.25) is 11.8 Å². The fourth-order valence-corrected chi connectivity index (χ4v) is 4.09. The highest BCUT2D eigenvalue weighted by atomic mass is 35.5. The zero-order chi connectivity index (χ0) is 20.9. The van der Waals surface area contributed by atoms with Crippen molar-refractivity contribution in [1.82, 2.24) is 20.2 Å². The van der Waals surface area contributed by atoms with E-state index in [1.165, 1.54) is 0 Å². The molecule has 2 aromatic rings. The molecule has 158 valence electrons.